The maximum Gasteiger partial charge on any atom is 0.253 e. The highest BCUT2D eigenvalue weighted by molar-refractivity contribution is 6.04. The Hall–Kier alpha value is -1.72. The normalized spacial score (nSPS) is 32.2. The van der Waals surface area contributed by atoms with Crippen molar-refractivity contribution < 1.29 is 14.3 Å². The number of nitrogens with zero attached hydrogens (tertiary/aromatic N) is 2. The fraction of sp³-hybridized carbons (Fsp3) is 0.636. The van der Waals surface area contributed by atoms with Crippen LogP contribution in [0.15, 0.2) is 29.3 Å². The molecule has 5 nitrogen and oxygen atoms in total. The van der Waals surface area contributed by atoms with Crippen molar-refractivity contribution in [1.29, 1.82) is 0 Å². The quantitative estimate of drug-likeness (QED) is 0.804. The Bertz CT molecular complexity index is 776. The van der Waals surface area contributed by atoms with E-state index >= 15 is 0 Å². The van der Waals surface area contributed by atoms with E-state index in [4.69, 9.17) is 9.47 Å². The number of amides is 1. The highest BCUT2D eigenvalue weighted by Crippen LogP contribution is 2.45. The van der Waals surface area contributed by atoms with Crippen LogP contribution in [0.2, 0.25) is 0 Å². The molecule has 2 saturated heterocycles. The SMILES string of the molecule is CC1(CC2CCOC2)CC(N2CCC3(CC2)OCc2ccccc23)=NC1=O. The van der Waals surface area contributed by atoms with Gasteiger partial charge in [0.2, 0.25) is 0 Å². The zero-order valence-corrected chi connectivity index (χ0v) is 16.1. The molecule has 5 rings (SSSR count). The third-order valence-corrected chi connectivity index (χ3v) is 7.01. The first-order valence-corrected chi connectivity index (χ1v) is 10.3. The molecule has 27 heavy (non-hydrogen) atoms. The maximum atomic E-state index is 12.7. The Kier molecular flexibility index (Phi) is 4.13. The predicted molar refractivity (Wildman–Crippen MR) is 102 cm³/mol. The van der Waals surface area contributed by atoms with Crippen LogP contribution in [-0.4, -0.2) is 42.9 Å². The van der Waals surface area contributed by atoms with E-state index in [0.717, 1.165) is 70.8 Å². The van der Waals surface area contributed by atoms with Crippen LogP contribution in [0, 0.1) is 11.3 Å². The summed E-state index contributed by atoms with van der Waals surface area (Å²) in [5.41, 5.74) is 2.20. The average Bonchev–Trinajstić information content (AvgIpc) is 3.37. The molecule has 0 bridgehead atoms. The van der Waals surface area contributed by atoms with Crippen molar-refractivity contribution in [1.82, 2.24) is 4.90 Å². The molecule has 4 aliphatic rings. The first kappa shape index (κ1) is 17.4. The van der Waals surface area contributed by atoms with Gasteiger partial charge in [-0.05, 0) is 42.7 Å². The molecule has 144 valence electrons. The van der Waals surface area contributed by atoms with Crippen LogP contribution in [-0.2, 0) is 26.5 Å². The minimum absolute atomic E-state index is 0.0622. The number of hydrogen-bond donors (Lipinski definition) is 0. The van der Waals surface area contributed by atoms with Crippen molar-refractivity contribution in [3.8, 4) is 0 Å². The molecule has 0 aliphatic carbocycles. The molecule has 5 heteroatoms. The van der Waals surface area contributed by atoms with Crippen molar-refractivity contribution in [2.75, 3.05) is 26.3 Å². The van der Waals surface area contributed by atoms with Crippen molar-refractivity contribution in [3.05, 3.63) is 35.4 Å². The van der Waals surface area contributed by atoms with E-state index in [1.807, 2.05) is 0 Å². The molecule has 2 unspecified atom stereocenters. The van der Waals surface area contributed by atoms with Gasteiger partial charge in [0.25, 0.3) is 5.91 Å². The van der Waals surface area contributed by atoms with Crippen LogP contribution in [0.3, 0.4) is 0 Å². The molecule has 1 aromatic rings. The molecule has 1 aromatic carbocycles. The smallest absolute Gasteiger partial charge is 0.253 e. The monoisotopic (exact) mass is 368 g/mol. The lowest BCUT2D eigenvalue weighted by Crippen LogP contribution is -2.45. The third kappa shape index (κ3) is 2.92. The molecule has 4 aliphatic heterocycles. The van der Waals surface area contributed by atoms with Crippen LogP contribution in [0.25, 0.3) is 0 Å². The highest BCUT2D eigenvalue weighted by atomic mass is 16.5. The Morgan fingerprint density at radius 2 is 2.07 bits per heavy atom. The average molecular weight is 368 g/mol. The van der Waals surface area contributed by atoms with Gasteiger partial charge in [-0.1, -0.05) is 31.2 Å². The van der Waals surface area contributed by atoms with E-state index in [1.165, 1.54) is 11.1 Å². The number of carbonyl (C=O) groups is 1. The molecule has 2 atom stereocenters. The molecule has 1 spiro atoms. The first-order chi connectivity index (χ1) is 13.1. The van der Waals surface area contributed by atoms with E-state index < -0.39 is 0 Å². The van der Waals surface area contributed by atoms with Crippen LogP contribution < -0.4 is 0 Å². The van der Waals surface area contributed by atoms with Crippen LogP contribution in [0.4, 0.5) is 0 Å². The minimum atomic E-state index is -0.348. The molecule has 4 heterocycles. The third-order valence-electron chi connectivity index (χ3n) is 7.01. The molecular weight excluding hydrogens is 340 g/mol. The molecule has 0 radical (unpaired) electrons. The zero-order chi connectivity index (χ0) is 18.5. The lowest BCUT2D eigenvalue weighted by molar-refractivity contribution is -0.126. The Labute approximate surface area is 160 Å². The lowest BCUT2D eigenvalue weighted by Gasteiger charge is -2.40. The van der Waals surface area contributed by atoms with Gasteiger partial charge in [-0.2, -0.15) is 4.99 Å². The lowest BCUT2D eigenvalue weighted by atomic mass is 9.78. The molecule has 0 N–H and O–H groups in total. The topological polar surface area (TPSA) is 51.1 Å². The van der Waals surface area contributed by atoms with E-state index in [9.17, 15) is 4.79 Å². The fourth-order valence-electron chi connectivity index (χ4n) is 5.36. The molecule has 0 aromatic heterocycles. The number of likely N-dealkylation sites (tertiary alicyclic amines) is 1. The predicted octanol–water partition coefficient (Wildman–Crippen LogP) is 3.27. The van der Waals surface area contributed by atoms with Gasteiger partial charge in [0.15, 0.2) is 0 Å². The Morgan fingerprint density at radius 3 is 2.85 bits per heavy atom. The fourth-order valence-corrected chi connectivity index (χ4v) is 5.36. The van der Waals surface area contributed by atoms with Crippen molar-refractivity contribution >= 4 is 11.7 Å². The molecular formula is C22H28N2O3. The molecule has 1 amide bonds. The molecule has 0 saturated carbocycles. The van der Waals surface area contributed by atoms with E-state index in [2.05, 4.69) is 41.1 Å². The maximum absolute atomic E-state index is 12.7. The van der Waals surface area contributed by atoms with Gasteiger partial charge >= 0.3 is 0 Å². The van der Waals surface area contributed by atoms with Crippen molar-refractivity contribution in [2.24, 2.45) is 16.3 Å². The van der Waals surface area contributed by atoms with E-state index in [-0.39, 0.29) is 16.9 Å². The number of fused-ring (bicyclic) bond motifs is 2. The van der Waals surface area contributed by atoms with Crippen LogP contribution in [0.1, 0.15) is 50.2 Å². The summed E-state index contributed by atoms with van der Waals surface area (Å²) in [5.74, 6) is 1.55. The summed E-state index contributed by atoms with van der Waals surface area (Å²) >= 11 is 0. The van der Waals surface area contributed by atoms with E-state index in [0.29, 0.717) is 5.92 Å². The summed E-state index contributed by atoms with van der Waals surface area (Å²) < 4.78 is 11.8. The summed E-state index contributed by atoms with van der Waals surface area (Å²) in [6.45, 7) is 6.24. The van der Waals surface area contributed by atoms with Gasteiger partial charge in [0.05, 0.1) is 17.6 Å². The standard InChI is InChI=1S/C22H28N2O3/c1-21(12-16-6-11-26-14-16)13-19(23-20(21)25)24-9-7-22(8-10-24)18-5-3-2-4-17(18)15-27-22/h2-5,16H,6-15H2,1H3. The highest BCUT2D eigenvalue weighted by Gasteiger charge is 2.47. The Balaban J connectivity index is 1.25. The van der Waals surface area contributed by atoms with Gasteiger partial charge in [0, 0.05) is 32.7 Å². The number of amidine groups is 1. The first-order valence-electron chi connectivity index (χ1n) is 10.3. The summed E-state index contributed by atoms with van der Waals surface area (Å²) in [7, 11) is 0. The van der Waals surface area contributed by atoms with Gasteiger partial charge < -0.3 is 14.4 Å². The number of benzene rings is 1. The summed E-state index contributed by atoms with van der Waals surface area (Å²) in [6.07, 6.45) is 4.66. The number of aliphatic imine (C=N–C) groups is 1. The second kappa shape index (κ2) is 6.42. The Morgan fingerprint density at radius 1 is 1.26 bits per heavy atom. The number of hydrogen-bond acceptors (Lipinski definition) is 4. The minimum Gasteiger partial charge on any atom is -0.381 e. The summed E-state index contributed by atoms with van der Waals surface area (Å²) in [5, 5.41) is 0. The number of piperidine rings is 1. The van der Waals surface area contributed by atoms with Crippen LogP contribution >= 0.6 is 0 Å². The number of rotatable bonds is 2. The summed E-state index contributed by atoms with van der Waals surface area (Å²) in [6, 6.07) is 8.59. The van der Waals surface area contributed by atoms with Gasteiger partial charge in [-0.3, -0.25) is 4.79 Å². The molecule has 2 fully saturated rings. The van der Waals surface area contributed by atoms with Crippen molar-refractivity contribution in [2.45, 2.75) is 51.2 Å². The van der Waals surface area contributed by atoms with Gasteiger partial charge in [0.1, 0.15) is 5.84 Å². The number of ether oxygens (including phenoxy) is 2. The van der Waals surface area contributed by atoms with E-state index in [1.54, 1.807) is 0 Å². The number of carbonyl (C=O) groups excluding carboxylic acids is 1. The second-order valence-electron chi connectivity index (χ2n) is 8.93. The summed E-state index contributed by atoms with van der Waals surface area (Å²) in [4.78, 5) is 19.5. The van der Waals surface area contributed by atoms with Gasteiger partial charge in [-0.15, -0.1) is 0 Å². The van der Waals surface area contributed by atoms with Crippen LogP contribution in [0.5, 0.6) is 0 Å². The van der Waals surface area contributed by atoms with Crippen molar-refractivity contribution in [3.63, 3.8) is 0 Å². The van der Waals surface area contributed by atoms with Gasteiger partial charge in [-0.25, -0.2) is 0 Å². The zero-order valence-electron chi connectivity index (χ0n) is 16.1. The largest absolute Gasteiger partial charge is 0.381 e. The second-order valence-corrected chi connectivity index (χ2v) is 8.93.